The van der Waals surface area contributed by atoms with Gasteiger partial charge in [-0.3, -0.25) is 4.98 Å². The number of imidazole rings is 1. The summed E-state index contributed by atoms with van der Waals surface area (Å²) >= 11 is 0. The molecular formula is C10H9N3O2. The van der Waals surface area contributed by atoms with Crippen LogP contribution in [0.5, 0.6) is 0 Å². The predicted molar refractivity (Wildman–Crippen MR) is 52.8 cm³/mol. The largest absolute Gasteiger partial charge is 0.478 e. The molecule has 0 aliphatic heterocycles. The zero-order chi connectivity index (χ0) is 10.4. The van der Waals surface area contributed by atoms with Crippen LogP contribution in [0, 0.1) is 0 Å². The summed E-state index contributed by atoms with van der Waals surface area (Å²) in [5, 5.41) is 9.05. The zero-order valence-corrected chi connectivity index (χ0v) is 7.92. The van der Waals surface area contributed by atoms with E-state index in [0.29, 0.717) is 17.1 Å². The molecule has 0 bridgehead atoms. The summed E-state index contributed by atoms with van der Waals surface area (Å²) < 4.78 is 1.94. The quantitative estimate of drug-likeness (QED) is 0.802. The summed E-state index contributed by atoms with van der Waals surface area (Å²) in [5.74, 6) is -0.949. The Kier molecular flexibility index (Phi) is 1.56. The lowest BCUT2D eigenvalue weighted by Gasteiger charge is -2.03. The monoisotopic (exact) mass is 203 g/mol. The number of hydrogen-bond donors (Lipinski definition) is 1. The molecule has 76 valence electrons. The van der Waals surface area contributed by atoms with Crippen LogP contribution in [-0.2, 0) is 0 Å². The van der Waals surface area contributed by atoms with Crippen molar-refractivity contribution in [1.29, 1.82) is 0 Å². The average Bonchev–Trinajstić information content (AvgIpc) is 2.97. The Morgan fingerprint density at radius 1 is 1.47 bits per heavy atom. The molecule has 0 atom stereocenters. The van der Waals surface area contributed by atoms with Crippen LogP contribution < -0.4 is 0 Å². The van der Waals surface area contributed by atoms with E-state index in [2.05, 4.69) is 9.97 Å². The van der Waals surface area contributed by atoms with Crippen LogP contribution in [-0.4, -0.2) is 25.6 Å². The van der Waals surface area contributed by atoms with Crippen LogP contribution in [0.3, 0.4) is 0 Å². The molecule has 0 aromatic carbocycles. The van der Waals surface area contributed by atoms with Crippen molar-refractivity contribution < 1.29 is 9.90 Å². The second-order valence-corrected chi connectivity index (χ2v) is 3.74. The number of fused-ring (bicyclic) bond motifs is 1. The molecule has 1 saturated carbocycles. The van der Waals surface area contributed by atoms with Crippen LogP contribution >= 0.6 is 0 Å². The second kappa shape index (κ2) is 2.79. The van der Waals surface area contributed by atoms with Crippen molar-refractivity contribution in [3.05, 3.63) is 24.3 Å². The van der Waals surface area contributed by atoms with Crippen LogP contribution in [0.4, 0.5) is 0 Å². The molecule has 1 aliphatic rings. The molecule has 2 aromatic heterocycles. The minimum Gasteiger partial charge on any atom is -0.478 e. The number of pyridine rings is 1. The van der Waals surface area contributed by atoms with Crippen molar-refractivity contribution in [1.82, 2.24) is 14.5 Å². The van der Waals surface area contributed by atoms with E-state index in [1.54, 1.807) is 12.5 Å². The van der Waals surface area contributed by atoms with Crippen LogP contribution in [0.15, 0.2) is 18.7 Å². The van der Waals surface area contributed by atoms with Gasteiger partial charge in [0.2, 0.25) is 0 Å². The summed E-state index contributed by atoms with van der Waals surface area (Å²) in [5.41, 5.74) is 1.58. The highest BCUT2D eigenvalue weighted by Crippen LogP contribution is 2.37. The Morgan fingerprint density at radius 3 is 2.93 bits per heavy atom. The number of carboxylic acid groups (broad SMARTS) is 1. The van der Waals surface area contributed by atoms with E-state index < -0.39 is 5.97 Å². The number of nitrogens with zero attached hydrogens (tertiary/aromatic N) is 3. The Balaban J connectivity index is 2.33. The smallest absolute Gasteiger partial charge is 0.339 e. The highest BCUT2D eigenvalue weighted by atomic mass is 16.4. The van der Waals surface area contributed by atoms with E-state index in [4.69, 9.17) is 5.11 Å². The van der Waals surface area contributed by atoms with Crippen LogP contribution in [0.1, 0.15) is 29.2 Å². The van der Waals surface area contributed by atoms with Gasteiger partial charge in [-0.15, -0.1) is 0 Å². The number of carbonyl (C=O) groups is 1. The predicted octanol–water partition coefficient (Wildman–Crippen LogP) is 1.46. The van der Waals surface area contributed by atoms with Gasteiger partial charge in [-0.25, -0.2) is 9.78 Å². The molecule has 15 heavy (non-hydrogen) atoms. The normalized spacial score (nSPS) is 15.7. The molecule has 0 amide bonds. The van der Waals surface area contributed by atoms with Crippen molar-refractivity contribution in [3.8, 4) is 0 Å². The van der Waals surface area contributed by atoms with Crippen LogP contribution in [0.25, 0.3) is 11.0 Å². The van der Waals surface area contributed by atoms with Crippen molar-refractivity contribution in [3.63, 3.8) is 0 Å². The lowest BCUT2D eigenvalue weighted by molar-refractivity contribution is 0.0698. The number of aromatic nitrogens is 3. The van der Waals surface area contributed by atoms with Gasteiger partial charge in [0, 0.05) is 12.2 Å². The number of rotatable bonds is 2. The fourth-order valence-electron chi connectivity index (χ4n) is 1.78. The average molecular weight is 203 g/mol. The summed E-state index contributed by atoms with van der Waals surface area (Å²) in [4.78, 5) is 19.1. The van der Waals surface area contributed by atoms with Gasteiger partial charge >= 0.3 is 5.97 Å². The van der Waals surface area contributed by atoms with Gasteiger partial charge in [0.25, 0.3) is 0 Å². The second-order valence-electron chi connectivity index (χ2n) is 3.74. The van der Waals surface area contributed by atoms with Crippen molar-refractivity contribution >= 4 is 17.0 Å². The minimum absolute atomic E-state index is 0.233. The zero-order valence-electron chi connectivity index (χ0n) is 7.92. The highest BCUT2D eigenvalue weighted by molar-refractivity contribution is 6.00. The Hall–Kier alpha value is -1.91. The maximum absolute atomic E-state index is 11.0. The molecular weight excluding hydrogens is 194 g/mol. The molecule has 0 saturated heterocycles. The van der Waals surface area contributed by atoms with Gasteiger partial charge in [0.15, 0.2) is 0 Å². The first-order valence-corrected chi connectivity index (χ1v) is 4.81. The molecule has 2 heterocycles. The van der Waals surface area contributed by atoms with Gasteiger partial charge in [-0.2, -0.15) is 0 Å². The van der Waals surface area contributed by atoms with Crippen molar-refractivity contribution in [2.24, 2.45) is 0 Å². The third-order valence-electron chi connectivity index (χ3n) is 2.65. The topological polar surface area (TPSA) is 68.0 Å². The highest BCUT2D eigenvalue weighted by Gasteiger charge is 2.27. The van der Waals surface area contributed by atoms with Crippen molar-refractivity contribution in [2.75, 3.05) is 0 Å². The Labute approximate surface area is 85.4 Å². The number of hydrogen-bond acceptors (Lipinski definition) is 3. The summed E-state index contributed by atoms with van der Waals surface area (Å²) in [6.07, 6.45) is 6.89. The van der Waals surface area contributed by atoms with E-state index in [1.807, 2.05) is 4.57 Å². The molecule has 1 aliphatic carbocycles. The summed E-state index contributed by atoms with van der Waals surface area (Å²) in [6, 6.07) is 0.426. The van der Waals surface area contributed by atoms with Gasteiger partial charge < -0.3 is 9.67 Å². The number of aromatic carboxylic acids is 1. The van der Waals surface area contributed by atoms with Gasteiger partial charge in [0.05, 0.1) is 18.0 Å². The molecule has 2 aromatic rings. The van der Waals surface area contributed by atoms with E-state index in [-0.39, 0.29) is 5.56 Å². The first-order chi connectivity index (χ1) is 7.27. The molecule has 1 N–H and O–H groups in total. The molecule has 0 spiro atoms. The van der Waals surface area contributed by atoms with E-state index >= 15 is 0 Å². The molecule has 0 radical (unpaired) electrons. The first kappa shape index (κ1) is 8.40. The lowest BCUT2D eigenvalue weighted by atomic mass is 10.2. The molecule has 3 rings (SSSR count). The molecule has 1 fully saturated rings. The molecule has 5 heteroatoms. The fraction of sp³-hybridized carbons (Fsp3) is 0.300. The Bertz CT molecular complexity index is 543. The van der Waals surface area contributed by atoms with Crippen LogP contribution in [0.2, 0.25) is 0 Å². The minimum atomic E-state index is -0.949. The standard InChI is InChI=1S/C10H9N3O2/c14-10(15)7-3-11-4-8-9(7)13(5-12-8)6-1-2-6/h3-6H,1-2H2,(H,14,15). The SMILES string of the molecule is O=C(O)c1cncc2ncn(C3CC3)c12. The molecule has 5 nitrogen and oxygen atoms in total. The first-order valence-electron chi connectivity index (χ1n) is 4.81. The van der Waals surface area contributed by atoms with E-state index in [0.717, 1.165) is 12.8 Å². The van der Waals surface area contributed by atoms with E-state index in [1.165, 1.54) is 6.20 Å². The Morgan fingerprint density at radius 2 is 2.27 bits per heavy atom. The van der Waals surface area contributed by atoms with Gasteiger partial charge in [-0.05, 0) is 12.8 Å². The third-order valence-corrected chi connectivity index (χ3v) is 2.65. The maximum atomic E-state index is 11.0. The maximum Gasteiger partial charge on any atom is 0.339 e. The fourth-order valence-corrected chi connectivity index (χ4v) is 1.78. The van der Waals surface area contributed by atoms with E-state index in [9.17, 15) is 4.79 Å². The van der Waals surface area contributed by atoms with Gasteiger partial charge in [-0.1, -0.05) is 0 Å². The van der Waals surface area contributed by atoms with Gasteiger partial charge in [0.1, 0.15) is 11.1 Å². The summed E-state index contributed by atoms with van der Waals surface area (Å²) in [6.45, 7) is 0. The molecule has 0 unspecified atom stereocenters. The lowest BCUT2D eigenvalue weighted by Crippen LogP contribution is -2.02. The number of carboxylic acids is 1. The van der Waals surface area contributed by atoms with Crippen molar-refractivity contribution in [2.45, 2.75) is 18.9 Å². The summed E-state index contributed by atoms with van der Waals surface area (Å²) in [7, 11) is 0. The third kappa shape index (κ3) is 1.20.